The summed E-state index contributed by atoms with van der Waals surface area (Å²) in [6, 6.07) is 19.3. The molecule has 10 heteroatoms. The number of carbonyl (C=O) groups is 2. The molecule has 1 saturated heterocycles. The summed E-state index contributed by atoms with van der Waals surface area (Å²) in [7, 11) is 0. The van der Waals surface area contributed by atoms with Crippen molar-refractivity contribution in [2.24, 2.45) is 0 Å². The Bertz CT molecular complexity index is 1220. The Morgan fingerprint density at radius 3 is 2.46 bits per heavy atom. The minimum absolute atomic E-state index is 0.0816. The van der Waals surface area contributed by atoms with Crippen LogP contribution >= 0.6 is 11.6 Å². The molecule has 1 atom stereocenters. The van der Waals surface area contributed by atoms with E-state index in [0.29, 0.717) is 44.4 Å². The molecular formula is C27H32ClN7O2. The first-order valence-corrected chi connectivity index (χ1v) is 12.7. The van der Waals surface area contributed by atoms with Crippen LogP contribution in [0.2, 0.25) is 5.02 Å². The van der Waals surface area contributed by atoms with Crippen LogP contribution in [-0.4, -0.2) is 64.4 Å². The molecule has 0 saturated carbocycles. The molecule has 0 radical (unpaired) electrons. The van der Waals surface area contributed by atoms with Gasteiger partial charge in [0.25, 0.3) is 0 Å². The number of rotatable bonds is 9. The van der Waals surface area contributed by atoms with Crippen LogP contribution in [0, 0.1) is 0 Å². The molecule has 1 aliphatic heterocycles. The number of hydrazine groups is 1. The summed E-state index contributed by atoms with van der Waals surface area (Å²) in [6.45, 7) is 6.73. The molecular weight excluding hydrogens is 490 g/mol. The monoisotopic (exact) mass is 521 g/mol. The van der Waals surface area contributed by atoms with Crippen LogP contribution in [0.5, 0.6) is 0 Å². The molecule has 0 spiro atoms. The normalized spacial score (nSPS) is 16.2. The van der Waals surface area contributed by atoms with Crippen LogP contribution in [0.1, 0.15) is 31.1 Å². The summed E-state index contributed by atoms with van der Waals surface area (Å²) < 4.78 is 0. The Balaban J connectivity index is 1.64. The van der Waals surface area contributed by atoms with Gasteiger partial charge in [-0.25, -0.2) is 15.0 Å². The molecule has 194 valence electrons. The lowest BCUT2D eigenvalue weighted by molar-refractivity contribution is -0.126. The maximum Gasteiger partial charge on any atom is 0.231 e. The second-order valence-electron chi connectivity index (χ2n) is 8.98. The molecule has 4 rings (SSSR count). The number of carbonyl (C=O) groups excluding carboxylic acids is 2. The highest BCUT2D eigenvalue weighted by Gasteiger charge is 2.31. The number of halogens is 1. The topological polar surface area (TPSA) is 102 Å². The van der Waals surface area contributed by atoms with E-state index in [-0.39, 0.29) is 17.9 Å². The highest BCUT2D eigenvalue weighted by molar-refractivity contribution is 6.31. The van der Waals surface area contributed by atoms with E-state index in [1.807, 2.05) is 65.7 Å². The molecule has 1 fully saturated rings. The van der Waals surface area contributed by atoms with Gasteiger partial charge in [0, 0.05) is 69.8 Å². The van der Waals surface area contributed by atoms with Crippen molar-refractivity contribution in [2.45, 2.75) is 26.4 Å². The quantitative estimate of drug-likeness (QED) is 0.371. The van der Waals surface area contributed by atoms with Crippen LogP contribution in [0.4, 0.5) is 5.82 Å². The third-order valence-electron chi connectivity index (χ3n) is 6.04. The first-order chi connectivity index (χ1) is 17.9. The maximum atomic E-state index is 12.0. The van der Waals surface area contributed by atoms with E-state index in [1.54, 1.807) is 0 Å². The highest BCUT2D eigenvalue weighted by Crippen LogP contribution is 2.28. The number of hydrogen-bond donors (Lipinski definition) is 3. The zero-order valence-electron chi connectivity index (χ0n) is 21.1. The van der Waals surface area contributed by atoms with Gasteiger partial charge in [-0.1, -0.05) is 60.1 Å². The van der Waals surface area contributed by atoms with Crippen LogP contribution < -0.4 is 16.1 Å². The van der Waals surface area contributed by atoms with E-state index in [0.717, 1.165) is 28.4 Å². The van der Waals surface area contributed by atoms with Gasteiger partial charge >= 0.3 is 0 Å². The fraction of sp³-hybridized carbons (Fsp3) is 0.333. The Labute approximate surface area is 222 Å². The number of hydrogen-bond acceptors (Lipinski definition) is 7. The molecule has 2 amide bonds. The van der Waals surface area contributed by atoms with Crippen LogP contribution in [0.15, 0.2) is 60.7 Å². The van der Waals surface area contributed by atoms with Crippen molar-refractivity contribution in [2.75, 3.05) is 38.0 Å². The minimum atomic E-state index is -0.207. The van der Waals surface area contributed by atoms with Crippen LogP contribution in [-0.2, 0) is 16.1 Å². The third kappa shape index (κ3) is 7.48. The molecule has 1 aliphatic rings. The predicted octanol–water partition coefficient (Wildman–Crippen LogP) is 3.26. The molecule has 0 aliphatic carbocycles. The molecule has 37 heavy (non-hydrogen) atoms. The number of aromatic nitrogens is 2. The van der Waals surface area contributed by atoms with Gasteiger partial charge < -0.3 is 10.6 Å². The SMILES string of the molecule is CC(=O)NCCNc1cc(C2CN(Cc3ccccc3Cl)CCN2NC(C)=O)nc(-c2ccccc2)n1. The van der Waals surface area contributed by atoms with Gasteiger partial charge in [-0.15, -0.1) is 0 Å². The van der Waals surface area contributed by atoms with Crippen molar-refractivity contribution >= 4 is 29.2 Å². The summed E-state index contributed by atoms with van der Waals surface area (Å²) in [6.07, 6.45) is 0. The van der Waals surface area contributed by atoms with Crippen molar-refractivity contribution in [1.29, 1.82) is 0 Å². The molecule has 3 N–H and O–H groups in total. The largest absolute Gasteiger partial charge is 0.368 e. The Morgan fingerprint density at radius 2 is 1.73 bits per heavy atom. The number of piperazine rings is 1. The highest BCUT2D eigenvalue weighted by atomic mass is 35.5. The molecule has 2 aromatic carbocycles. The van der Waals surface area contributed by atoms with Crippen LogP contribution in [0.25, 0.3) is 11.4 Å². The zero-order chi connectivity index (χ0) is 26.2. The Morgan fingerprint density at radius 1 is 0.973 bits per heavy atom. The summed E-state index contributed by atoms with van der Waals surface area (Å²) in [5, 5.41) is 8.77. The van der Waals surface area contributed by atoms with Gasteiger partial charge in [0.1, 0.15) is 5.82 Å². The van der Waals surface area contributed by atoms with Crippen molar-refractivity contribution < 1.29 is 9.59 Å². The molecule has 2 heterocycles. The minimum Gasteiger partial charge on any atom is -0.368 e. The van der Waals surface area contributed by atoms with Gasteiger partial charge in [-0.2, -0.15) is 0 Å². The van der Waals surface area contributed by atoms with Crippen molar-refractivity contribution in [3.63, 3.8) is 0 Å². The van der Waals surface area contributed by atoms with Gasteiger partial charge in [0.15, 0.2) is 5.82 Å². The lowest BCUT2D eigenvalue weighted by atomic mass is 10.1. The number of benzene rings is 2. The lowest BCUT2D eigenvalue weighted by Gasteiger charge is -2.41. The maximum absolute atomic E-state index is 12.0. The van der Waals surface area contributed by atoms with Gasteiger partial charge in [-0.05, 0) is 11.6 Å². The summed E-state index contributed by atoms with van der Waals surface area (Å²) >= 11 is 6.43. The molecule has 9 nitrogen and oxygen atoms in total. The summed E-state index contributed by atoms with van der Waals surface area (Å²) in [5.41, 5.74) is 5.72. The number of nitrogens with one attached hydrogen (secondary N) is 3. The second-order valence-corrected chi connectivity index (χ2v) is 9.39. The van der Waals surface area contributed by atoms with Crippen molar-refractivity contribution in [1.82, 2.24) is 30.6 Å². The zero-order valence-corrected chi connectivity index (χ0v) is 21.8. The fourth-order valence-corrected chi connectivity index (χ4v) is 4.51. The van der Waals surface area contributed by atoms with E-state index in [2.05, 4.69) is 21.0 Å². The average molecular weight is 522 g/mol. The smallest absolute Gasteiger partial charge is 0.231 e. The van der Waals surface area contributed by atoms with Gasteiger partial charge in [-0.3, -0.25) is 19.9 Å². The van der Waals surface area contributed by atoms with E-state index in [4.69, 9.17) is 21.6 Å². The first kappa shape index (κ1) is 26.5. The number of anilines is 1. The second kappa shape index (κ2) is 12.6. The Kier molecular flexibility index (Phi) is 9.05. The molecule has 1 unspecified atom stereocenters. The Hall–Kier alpha value is -3.53. The molecule has 3 aromatic rings. The van der Waals surface area contributed by atoms with E-state index >= 15 is 0 Å². The van der Waals surface area contributed by atoms with Gasteiger partial charge in [0.05, 0.1) is 11.7 Å². The lowest BCUT2D eigenvalue weighted by Crippen LogP contribution is -2.54. The fourth-order valence-electron chi connectivity index (χ4n) is 4.31. The predicted molar refractivity (Wildman–Crippen MR) is 145 cm³/mol. The summed E-state index contributed by atoms with van der Waals surface area (Å²) in [5.74, 6) is 1.03. The molecule has 0 bridgehead atoms. The standard InChI is InChI=1S/C27H32ClN7O2/c1-19(36)29-12-13-30-26-16-24(31-27(32-26)21-8-4-3-5-9-21)25-18-34(14-15-35(25)33-20(2)37)17-22-10-6-7-11-23(22)28/h3-11,16,25H,12-15,17-18H2,1-2H3,(H,29,36)(H,33,37)(H,30,31,32). The van der Waals surface area contributed by atoms with Crippen molar-refractivity contribution in [3.8, 4) is 11.4 Å². The summed E-state index contributed by atoms with van der Waals surface area (Å²) in [4.78, 5) is 35.3. The van der Waals surface area contributed by atoms with E-state index < -0.39 is 0 Å². The third-order valence-corrected chi connectivity index (χ3v) is 6.41. The first-order valence-electron chi connectivity index (χ1n) is 12.3. The van der Waals surface area contributed by atoms with Crippen molar-refractivity contribution in [3.05, 3.63) is 76.9 Å². The molecule has 1 aromatic heterocycles. The van der Waals surface area contributed by atoms with Crippen LogP contribution in [0.3, 0.4) is 0 Å². The number of amides is 2. The van der Waals surface area contributed by atoms with E-state index in [9.17, 15) is 9.59 Å². The number of nitrogens with zero attached hydrogens (tertiary/aromatic N) is 4. The van der Waals surface area contributed by atoms with Gasteiger partial charge in [0.2, 0.25) is 11.8 Å². The average Bonchev–Trinajstić information content (AvgIpc) is 2.89. The van der Waals surface area contributed by atoms with E-state index in [1.165, 1.54) is 13.8 Å².